The van der Waals surface area contributed by atoms with Gasteiger partial charge < -0.3 is 5.32 Å². The minimum absolute atomic E-state index is 0.210. The molecule has 0 bridgehead atoms. The Labute approximate surface area is 99.1 Å². The number of hydrogen-bond donors (Lipinski definition) is 2. The molecule has 3 rings (SSSR count). The molecule has 1 fully saturated rings. The normalized spacial score (nSPS) is 19.7. The predicted molar refractivity (Wildman–Crippen MR) is 64.0 cm³/mol. The average molecular weight is 231 g/mol. The zero-order chi connectivity index (χ0) is 11.7. The maximum absolute atomic E-state index is 12.9. The summed E-state index contributed by atoms with van der Waals surface area (Å²) in [4.78, 5) is 0. The Bertz CT molecular complexity index is 498. The smallest absolute Gasteiger partial charge is 0.123 e. The van der Waals surface area contributed by atoms with Crippen LogP contribution < -0.4 is 5.32 Å². The van der Waals surface area contributed by atoms with Crippen LogP contribution in [0.5, 0.6) is 0 Å². The number of aromatic amines is 1. The summed E-state index contributed by atoms with van der Waals surface area (Å²) in [5.41, 5.74) is 3.17. The summed E-state index contributed by atoms with van der Waals surface area (Å²) >= 11 is 0. The highest BCUT2D eigenvalue weighted by Crippen LogP contribution is 2.30. The van der Waals surface area contributed by atoms with Crippen molar-refractivity contribution in [3.63, 3.8) is 0 Å². The van der Waals surface area contributed by atoms with E-state index in [4.69, 9.17) is 0 Å². The fourth-order valence-electron chi connectivity index (χ4n) is 2.35. The molecule has 0 spiro atoms. The molecule has 88 valence electrons. The third-order valence-corrected chi connectivity index (χ3v) is 3.23. The van der Waals surface area contributed by atoms with Crippen LogP contribution in [0.1, 0.15) is 24.6 Å². The van der Waals surface area contributed by atoms with Crippen molar-refractivity contribution < 1.29 is 4.39 Å². The van der Waals surface area contributed by atoms with E-state index in [2.05, 4.69) is 15.5 Å². The van der Waals surface area contributed by atoms with E-state index >= 15 is 0 Å². The summed E-state index contributed by atoms with van der Waals surface area (Å²) < 4.78 is 12.9. The molecule has 1 aromatic heterocycles. The molecule has 2 aromatic rings. The van der Waals surface area contributed by atoms with E-state index in [0.717, 1.165) is 29.8 Å². The Morgan fingerprint density at radius 2 is 2.06 bits per heavy atom. The maximum atomic E-state index is 12.9. The molecular weight excluding hydrogens is 217 g/mol. The van der Waals surface area contributed by atoms with Gasteiger partial charge in [-0.05, 0) is 37.1 Å². The van der Waals surface area contributed by atoms with E-state index in [1.54, 1.807) is 12.1 Å². The fourth-order valence-corrected chi connectivity index (χ4v) is 2.35. The number of benzene rings is 1. The van der Waals surface area contributed by atoms with Gasteiger partial charge in [0.2, 0.25) is 0 Å². The van der Waals surface area contributed by atoms with E-state index in [1.807, 2.05) is 6.20 Å². The second-order valence-corrected chi connectivity index (χ2v) is 4.35. The first-order valence-corrected chi connectivity index (χ1v) is 5.87. The Morgan fingerprint density at radius 3 is 2.76 bits per heavy atom. The Balaban J connectivity index is 1.97. The summed E-state index contributed by atoms with van der Waals surface area (Å²) in [7, 11) is 0. The predicted octanol–water partition coefficient (Wildman–Crippen LogP) is 2.64. The number of H-pyrrole nitrogens is 1. The molecular formula is C13H14FN3. The van der Waals surface area contributed by atoms with Crippen LogP contribution in [-0.4, -0.2) is 16.7 Å². The van der Waals surface area contributed by atoms with Gasteiger partial charge in [0.15, 0.2) is 0 Å². The molecule has 2 N–H and O–H groups in total. The van der Waals surface area contributed by atoms with Crippen molar-refractivity contribution in [2.75, 3.05) is 6.54 Å². The highest BCUT2D eigenvalue weighted by atomic mass is 19.1. The monoisotopic (exact) mass is 231 g/mol. The number of rotatable bonds is 2. The highest BCUT2D eigenvalue weighted by molar-refractivity contribution is 5.65. The molecule has 0 radical (unpaired) electrons. The molecule has 0 saturated carbocycles. The van der Waals surface area contributed by atoms with Crippen molar-refractivity contribution in [2.45, 2.75) is 18.9 Å². The van der Waals surface area contributed by atoms with Gasteiger partial charge in [-0.2, -0.15) is 5.10 Å². The number of halogens is 1. The first-order chi connectivity index (χ1) is 8.34. The van der Waals surface area contributed by atoms with Crippen molar-refractivity contribution in [2.24, 2.45) is 0 Å². The van der Waals surface area contributed by atoms with Crippen molar-refractivity contribution in [3.05, 3.63) is 42.0 Å². The van der Waals surface area contributed by atoms with Crippen LogP contribution in [0.3, 0.4) is 0 Å². The summed E-state index contributed by atoms with van der Waals surface area (Å²) in [6, 6.07) is 6.89. The largest absolute Gasteiger partial charge is 0.309 e. The lowest BCUT2D eigenvalue weighted by Gasteiger charge is -2.10. The Kier molecular flexibility index (Phi) is 2.65. The topological polar surface area (TPSA) is 40.7 Å². The molecule has 0 aliphatic carbocycles. The van der Waals surface area contributed by atoms with Crippen LogP contribution in [0.4, 0.5) is 4.39 Å². The second-order valence-electron chi connectivity index (χ2n) is 4.35. The van der Waals surface area contributed by atoms with E-state index < -0.39 is 0 Å². The van der Waals surface area contributed by atoms with E-state index in [-0.39, 0.29) is 5.82 Å². The van der Waals surface area contributed by atoms with Gasteiger partial charge in [-0.1, -0.05) is 12.1 Å². The molecule has 1 aromatic carbocycles. The third-order valence-electron chi connectivity index (χ3n) is 3.23. The zero-order valence-corrected chi connectivity index (χ0v) is 9.41. The lowest BCUT2D eigenvalue weighted by atomic mass is 10.0. The molecule has 1 atom stereocenters. The minimum atomic E-state index is -0.210. The Hall–Kier alpha value is -1.68. The van der Waals surface area contributed by atoms with E-state index in [9.17, 15) is 4.39 Å². The Morgan fingerprint density at radius 1 is 1.24 bits per heavy atom. The number of aromatic nitrogens is 2. The molecule has 0 amide bonds. The maximum Gasteiger partial charge on any atom is 0.123 e. The number of nitrogens with zero attached hydrogens (tertiary/aromatic N) is 1. The van der Waals surface area contributed by atoms with Crippen LogP contribution >= 0.6 is 0 Å². The van der Waals surface area contributed by atoms with Crippen LogP contribution in [0.2, 0.25) is 0 Å². The molecule has 1 aliphatic heterocycles. The molecule has 17 heavy (non-hydrogen) atoms. The SMILES string of the molecule is Fc1ccc(-c2cn[nH]c2C2CCCN2)cc1. The first kappa shape index (κ1) is 10.5. The van der Waals surface area contributed by atoms with Crippen molar-refractivity contribution in [1.29, 1.82) is 0 Å². The molecule has 4 heteroatoms. The van der Waals surface area contributed by atoms with Crippen molar-refractivity contribution in [3.8, 4) is 11.1 Å². The van der Waals surface area contributed by atoms with Crippen molar-refractivity contribution in [1.82, 2.24) is 15.5 Å². The number of hydrogen-bond acceptors (Lipinski definition) is 2. The minimum Gasteiger partial charge on any atom is -0.309 e. The number of nitrogens with one attached hydrogen (secondary N) is 2. The van der Waals surface area contributed by atoms with Gasteiger partial charge in [0.25, 0.3) is 0 Å². The quantitative estimate of drug-likeness (QED) is 0.834. The van der Waals surface area contributed by atoms with Gasteiger partial charge in [0.1, 0.15) is 5.82 Å². The molecule has 1 saturated heterocycles. The summed E-state index contributed by atoms with van der Waals surface area (Å²) in [6.45, 7) is 1.05. The molecule has 1 aliphatic rings. The lowest BCUT2D eigenvalue weighted by Crippen LogP contribution is -2.14. The van der Waals surface area contributed by atoms with Gasteiger partial charge >= 0.3 is 0 Å². The summed E-state index contributed by atoms with van der Waals surface area (Å²) in [6.07, 6.45) is 4.12. The summed E-state index contributed by atoms with van der Waals surface area (Å²) in [5, 5.41) is 10.6. The van der Waals surface area contributed by atoms with Crippen LogP contribution in [0.25, 0.3) is 11.1 Å². The highest BCUT2D eigenvalue weighted by Gasteiger charge is 2.21. The van der Waals surface area contributed by atoms with Gasteiger partial charge in [-0.25, -0.2) is 4.39 Å². The second kappa shape index (κ2) is 4.30. The van der Waals surface area contributed by atoms with Gasteiger partial charge in [0, 0.05) is 11.6 Å². The van der Waals surface area contributed by atoms with Gasteiger partial charge in [0.05, 0.1) is 11.9 Å². The van der Waals surface area contributed by atoms with Crippen LogP contribution in [0.15, 0.2) is 30.5 Å². The van der Waals surface area contributed by atoms with E-state index in [1.165, 1.54) is 18.6 Å². The molecule has 2 heterocycles. The molecule has 1 unspecified atom stereocenters. The van der Waals surface area contributed by atoms with Gasteiger partial charge in [-0.3, -0.25) is 5.10 Å². The van der Waals surface area contributed by atoms with E-state index in [0.29, 0.717) is 6.04 Å². The average Bonchev–Trinajstić information content (AvgIpc) is 3.00. The third kappa shape index (κ3) is 1.96. The first-order valence-electron chi connectivity index (χ1n) is 5.87. The zero-order valence-electron chi connectivity index (χ0n) is 9.41. The fraction of sp³-hybridized carbons (Fsp3) is 0.308. The van der Waals surface area contributed by atoms with Crippen molar-refractivity contribution >= 4 is 0 Å². The van der Waals surface area contributed by atoms with Crippen LogP contribution in [-0.2, 0) is 0 Å². The summed E-state index contributed by atoms with van der Waals surface area (Å²) in [5.74, 6) is -0.210. The van der Waals surface area contributed by atoms with Crippen LogP contribution in [0, 0.1) is 5.82 Å². The standard InChI is InChI=1S/C13H14FN3/c14-10-5-3-9(4-6-10)11-8-16-17-13(11)12-2-1-7-15-12/h3-6,8,12,15H,1-2,7H2,(H,16,17). The molecule has 3 nitrogen and oxygen atoms in total. The lowest BCUT2D eigenvalue weighted by molar-refractivity contribution is 0.625. The van der Waals surface area contributed by atoms with Gasteiger partial charge in [-0.15, -0.1) is 0 Å².